The molecule has 0 aliphatic carbocycles. The van der Waals surface area contributed by atoms with E-state index in [2.05, 4.69) is 48.6 Å². The van der Waals surface area contributed by atoms with Crippen molar-refractivity contribution < 1.29 is 0 Å². The summed E-state index contributed by atoms with van der Waals surface area (Å²) in [6.07, 6.45) is 4.28. The van der Waals surface area contributed by atoms with Gasteiger partial charge in [-0.15, -0.1) is 0 Å². The number of hydrogen-bond acceptors (Lipinski definition) is 1. The van der Waals surface area contributed by atoms with E-state index in [1.54, 1.807) is 0 Å². The van der Waals surface area contributed by atoms with Crippen molar-refractivity contribution in [1.82, 2.24) is 0 Å². The van der Waals surface area contributed by atoms with Crippen molar-refractivity contribution >= 4 is 11.8 Å². The standard InChI is InChI=1S/C18H19N/c1-15(2)19-18(17-11-7-4-8-12-17)14-13-16-9-5-3-6-10-16/h3-14,18H,1-2H3/b14-13+. The lowest BCUT2D eigenvalue weighted by Gasteiger charge is -2.09. The van der Waals surface area contributed by atoms with Gasteiger partial charge in [0, 0.05) is 5.71 Å². The van der Waals surface area contributed by atoms with Crippen LogP contribution in [-0.2, 0) is 0 Å². The van der Waals surface area contributed by atoms with Crippen LogP contribution in [0, 0.1) is 0 Å². The molecule has 2 rings (SSSR count). The summed E-state index contributed by atoms with van der Waals surface area (Å²) >= 11 is 0. The second kappa shape index (κ2) is 6.69. The van der Waals surface area contributed by atoms with Crippen molar-refractivity contribution in [3.05, 3.63) is 77.9 Å². The summed E-state index contributed by atoms with van der Waals surface area (Å²) in [5.74, 6) is 0. The van der Waals surface area contributed by atoms with Gasteiger partial charge < -0.3 is 0 Å². The Morgan fingerprint density at radius 1 is 0.895 bits per heavy atom. The maximum Gasteiger partial charge on any atom is 0.0932 e. The van der Waals surface area contributed by atoms with E-state index in [1.807, 2.05) is 38.1 Å². The second-order valence-electron chi connectivity index (χ2n) is 4.70. The van der Waals surface area contributed by atoms with E-state index < -0.39 is 0 Å². The molecule has 1 atom stereocenters. The Kier molecular flexibility index (Phi) is 4.68. The Balaban J connectivity index is 2.25. The lowest BCUT2D eigenvalue weighted by Crippen LogP contribution is -1.94. The molecule has 0 spiro atoms. The minimum atomic E-state index is 0.0893. The molecule has 96 valence electrons. The number of rotatable bonds is 4. The first kappa shape index (κ1) is 13.3. The lowest BCUT2D eigenvalue weighted by atomic mass is 10.1. The molecule has 0 radical (unpaired) electrons. The van der Waals surface area contributed by atoms with Crippen LogP contribution in [0.2, 0.25) is 0 Å². The van der Waals surface area contributed by atoms with Crippen LogP contribution in [0.4, 0.5) is 0 Å². The van der Waals surface area contributed by atoms with Gasteiger partial charge in [0.1, 0.15) is 0 Å². The third-order valence-electron chi connectivity index (χ3n) is 2.81. The van der Waals surface area contributed by atoms with Crippen LogP contribution >= 0.6 is 0 Å². The predicted molar refractivity (Wildman–Crippen MR) is 83.4 cm³/mol. The fraction of sp³-hybridized carbons (Fsp3) is 0.167. The summed E-state index contributed by atoms with van der Waals surface area (Å²) < 4.78 is 0. The fourth-order valence-corrected chi connectivity index (χ4v) is 1.92. The van der Waals surface area contributed by atoms with E-state index in [0.717, 1.165) is 5.71 Å². The molecule has 0 amide bonds. The number of hydrogen-bond donors (Lipinski definition) is 0. The normalized spacial score (nSPS) is 12.3. The van der Waals surface area contributed by atoms with Crippen molar-refractivity contribution in [3.63, 3.8) is 0 Å². The van der Waals surface area contributed by atoms with Crippen LogP contribution in [0.1, 0.15) is 31.0 Å². The van der Waals surface area contributed by atoms with E-state index >= 15 is 0 Å². The molecule has 1 heteroatoms. The molecule has 1 unspecified atom stereocenters. The highest BCUT2D eigenvalue weighted by atomic mass is 14.8. The third kappa shape index (κ3) is 4.22. The maximum atomic E-state index is 4.69. The largest absolute Gasteiger partial charge is 0.282 e. The van der Waals surface area contributed by atoms with Gasteiger partial charge in [-0.05, 0) is 25.0 Å². The topological polar surface area (TPSA) is 12.4 Å². The summed E-state index contributed by atoms with van der Waals surface area (Å²) in [4.78, 5) is 4.69. The SMILES string of the molecule is CC(C)=NC(/C=C/c1ccccc1)c1ccccc1. The van der Waals surface area contributed by atoms with Gasteiger partial charge >= 0.3 is 0 Å². The second-order valence-corrected chi connectivity index (χ2v) is 4.70. The Morgan fingerprint density at radius 2 is 1.47 bits per heavy atom. The average Bonchev–Trinajstić information content (AvgIpc) is 2.45. The van der Waals surface area contributed by atoms with E-state index in [-0.39, 0.29) is 6.04 Å². The molecule has 19 heavy (non-hydrogen) atoms. The highest BCUT2D eigenvalue weighted by molar-refractivity contribution is 5.79. The van der Waals surface area contributed by atoms with Gasteiger partial charge in [-0.1, -0.05) is 72.8 Å². The Hall–Kier alpha value is -2.15. The van der Waals surface area contributed by atoms with Crippen LogP contribution in [0.15, 0.2) is 71.7 Å². The van der Waals surface area contributed by atoms with Gasteiger partial charge in [0.2, 0.25) is 0 Å². The fourth-order valence-electron chi connectivity index (χ4n) is 1.92. The number of aliphatic imine (C=N–C) groups is 1. The zero-order valence-corrected chi connectivity index (χ0v) is 11.5. The van der Waals surface area contributed by atoms with Crippen molar-refractivity contribution in [1.29, 1.82) is 0 Å². The molecule has 1 nitrogen and oxygen atoms in total. The molecule has 0 saturated heterocycles. The first-order chi connectivity index (χ1) is 9.25. The molecule has 0 saturated carbocycles. The van der Waals surface area contributed by atoms with Crippen LogP contribution in [0.25, 0.3) is 6.08 Å². The molecule has 0 aliphatic rings. The minimum absolute atomic E-state index is 0.0893. The highest BCUT2D eigenvalue weighted by Gasteiger charge is 2.04. The predicted octanol–water partition coefficient (Wildman–Crippen LogP) is 4.92. The Labute approximate surface area is 115 Å². The van der Waals surface area contributed by atoms with Gasteiger partial charge in [0.05, 0.1) is 6.04 Å². The summed E-state index contributed by atoms with van der Waals surface area (Å²) in [6.45, 7) is 4.07. The van der Waals surface area contributed by atoms with Crippen molar-refractivity contribution in [2.45, 2.75) is 19.9 Å². The third-order valence-corrected chi connectivity index (χ3v) is 2.81. The van der Waals surface area contributed by atoms with E-state index in [4.69, 9.17) is 4.99 Å². The average molecular weight is 249 g/mol. The van der Waals surface area contributed by atoms with Crippen molar-refractivity contribution in [2.24, 2.45) is 4.99 Å². The van der Waals surface area contributed by atoms with Crippen LogP contribution in [-0.4, -0.2) is 5.71 Å². The van der Waals surface area contributed by atoms with Gasteiger partial charge in [0.15, 0.2) is 0 Å². The van der Waals surface area contributed by atoms with E-state index in [9.17, 15) is 0 Å². The summed E-state index contributed by atoms with van der Waals surface area (Å²) in [5.41, 5.74) is 3.51. The van der Waals surface area contributed by atoms with Gasteiger partial charge in [0.25, 0.3) is 0 Å². The molecule has 0 N–H and O–H groups in total. The van der Waals surface area contributed by atoms with Crippen LogP contribution < -0.4 is 0 Å². The first-order valence-electron chi connectivity index (χ1n) is 6.55. The zero-order valence-electron chi connectivity index (χ0n) is 11.5. The molecule has 0 aromatic heterocycles. The minimum Gasteiger partial charge on any atom is -0.282 e. The van der Waals surface area contributed by atoms with Gasteiger partial charge in [-0.2, -0.15) is 0 Å². The van der Waals surface area contributed by atoms with Gasteiger partial charge in [-0.3, -0.25) is 4.99 Å². The smallest absolute Gasteiger partial charge is 0.0932 e. The van der Waals surface area contributed by atoms with Crippen molar-refractivity contribution in [3.8, 4) is 0 Å². The summed E-state index contributed by atoms with van der Waals surface area (Å²) in [5, 5.41) is 0. The van der Waals surface area contributed by atoms with Crippen molar-refractivity contribution in [2.75, 3.05) is 0 Å². The summed E-state index contributed by atoms with van der Waals surface area (Å²) in [7, 11) is 0. The maximum absolute atomic E-state index is 4.69. The van der Waals surface area contributed by atoms with E-state index in [0.29, 0.717) is 0 Å². The first-order valence-corrected chi connectivity index (χ1v) is 6.55. The molecule has 0 aliphatic heterocycles. The number of nitrogens with zero attached hydrogens (tertiary/aromatic N) is 1. The molecular weight excluding hydrogens is 230 g/mol. The van der Waals surface area contributed by atoms with E-state index in [1.165, 1.54) is 11.1 Å². The highest BCUT2D eigenvalue weighted by Crippen LogP contribution is 2.20. The lowest BCUT2D eigenvalue weighted by molar-refractivity contribution is 0.913. The van der Waals surface area contributed by atoms with Crippen LogP contribution in [0.5, 0.6) is 0 Å². The van der Waals surface area contributed by atoms with Gasteiger partial charge in [-0.25, -0.2) is 0 Å². The molecule has 0 fully saturated rings. The molecule has 0 bridgehead atoms. The molecule has 2 aromatic rings. The zero-order chi connectivity index (χ0) is 13.5. The molecule has 0 heterocycles. The Bertz CT molecular complexity index is 549. The number of benzene rings is 2. The molecule has 2 aromatic carbocycles. The quantitative estimate of drug-likeness (QED) is 0.682. The Morgan fingerprint density at radius 3 is 2.05 bits per heavy atom. The summed E-state index contributed by atoms with van der Waals surface area (Å²) in [6, 6.07) is 20.8. The monoisotopic (exact) mass is 249 g/mol. The molecular formula is C18H19N. The van der Waals surface area contributed by atoms with Crippen LogP contribution in [0.3, 0.4) is 0 Å².